The molecule has 18 heavy (non-hydrogen) atoms. The van der Waals surface area contributed by atoms with Crippen molar-refractivity contribution in [2.45, 2.75) is 38.8 Å². The minimum Gasteiger partial charge on any atom is -0.338 e. The van der Waals surface area contributed by atoms with E-state index < -0.39 is 0 Å². The summed E-state index contributed by atoms with van der Waals surface area (Å²) in [4.78, 5) is 4.20. The Kier molecular flexibility index (Phi) is 3.11. The molecule has 0 saturated carbocycles. The molecule has 4 nitrogen and oxygen atoms in total. The van der Waals surface area contributed by atoms with Gasteiger partial charge in [-0.05, 0) is 37.3 Å². The molecule has 1 aromatic carbocycles. The summed E-state index contributed by atoms with van der Waals surface area (Å²) in [6, 6.07) is 9.19. The molecule has 2 aromatic rings. The minimum atomic E-state index is 0.507. The molecule has 4 heteroatoms. The van der Waals surface area contributed by atoms with Crippen LogP contribution in [0, 0.1) is 6.92 Å². The number of aryl methyl sites for hydroxylation is 2. The molecule has 0 bridgehead atoms. The first-order chi connectivity index (χ1) is 8.81. The molecule has 3 rings (SSSR count). The lowest BCUT2D eigenvalue weighted by Crippen LogP contribution is -2.34. The summed E-state index contributed by atoms with van der Waals surface area (Å²) in [6.07, 6.45) is 3.41. The van der Waals surface area contributed by atoms with Gasteiger partial charge in [-0.2, -0.15) is 4.98 Å². The van der Waals surface area contributed by atoms with Gasteiger partial charge in [0.2, 0.25) is 5.89 Å². The fourth-order valence-corrected chi connectivity index (χ4v) is 2.52. The fourth-order valence-electron chi connectivity index (χ4n) is 2.52. The van der Waals surface area contributed by atoms with Crippen LogP contribution >= 0.6 is 0 Å². The maximum atomic E-state index is 5.10. The molecule has 0 aliphatic heterocycles. The molecule has 1 atom stereocenters. The van der Waals surface area contributed by atoms with Crippen LogP contribution < -0.4 is 5.32 Å². The Morgan fingerprint density at radius 2 is 2.17 bits per heavy atom. The first-order valence-corrected chi connectivity index (χ1v) is 6.40. The summed E-state index contributed by atoms with van der Waals surface area (Å²) < 4.78 is 5.10. The van der Waals surface area contributed by atoms with E-state index in [-0.39, 0.29) is 0 Å². The quantitative estimate of drug-likeness (QED) is 0.896. The van der Waals surface area contributed by atoms with Gasteiger partial charge in [0, 0.05) is 6.04 Å². The van der Waals surface area contributed by atoms with E-state index in [0.717, 1.165) is 12.8 Å². The number of nitrogens with one attached hydrogen (secondary N) is 1. The number of rotatable bonds is 3. The number of aromatic nitrogens is 2. The van der Waals surface area contributed by atoms with Crippen molar-refractivity contribution in [1.29, 1.82) is 0 Å². The third-order valence-electron chi connectivity index (χ3n) is 3.46. The molecule has 1 aromatic heterocycles. The van der Waals surface area contributed by atoms with Gasteiger partial charge in [0.1, 0.15) is 0 Å². The lowest BCUT2D eigenvalue weighted by Gasteiger charge is -2.24. The van der Waals surface area contributed by atoms with Crippen LogP contribution in [0.4, 0.5) is 0 Å². The Hall–Kier alpha value is -1.68. The maximum Gasteiger partial charge on any atom is 0.240 e. The van der Waals surface area contributed by atoms with Crippen LogP contribution in [0.25, 0.3) is 0 Å². The van der Waals surface area contributed by atoms with Crippen LogP contribution in [0.1, 0.15) is 29.3 Å². The first-order valence-electron chi connectivity index (χ1n) is 6.40. The molecule has 0 saturated heterocycles. The van der Waals surface area contributed by atoms with Crippen molar-refractivity contribution in [3.05, 3.63) is 47.1 Å². The highest BCUT2D eigenvalue weighted by molar-refractivity contribution is 5.30. The highest BCUT2D eigenvalue weighted by Crippen LogP contribution is 2.21. The van der Waals surface area contributed by atoms with Crippen LogP contribution in [-0.4, -0.2) is 16.2 Å². The zero-order valence-corrected chi connectivity index (χ0v) is 10.5. The second kappa shape index (κ2) is 4.90. The third kappa shape index (κ3) is 2.43. The van der Waals surface area contributed by atoms with Gasteiger partial charge in [-0.25, -0.2) is 0 Å². The van der Waals surface area contributed by atoms with E-state index in [2.05, 4.69) is 39.7 Å². The van der Waals surface area contributed by atoms with Crippen LogP contribution in [0.5, 0.6) is 0 Å². The molecule has 0 fully saturated rings. The number of benzene rings is 1. The highest BCUT2D eigenvalue weighted by atomic mass is 16.5. The summed E-state index contributed by atoms with van der Waals surface area (Å²) in [5, 5.41) is 7.29. The standard InChI is InChI=1S/C14H17N3O/c1-10-16-14(18-17-10)9-15-13-7-6-11-4-2-3-5-12(11)8-13/h2-5,13,15H,6-9H2,1H3. The molecule has 1 N–H and O–H groups in total. The minimum absolute atomic E-state index is 0.507. The summed E-state index contributed by atoms with van der Waals surface area (Å²) in [5.41, 5.74) is 2.95. The Labute approximate surface area is 106 Å². The Balaban J connectivity index is 1.59. The van der Waals surface area contributed by atoms with Gasteiger partial charge in [0.05, 0.1) is 6.54 Å². The van der Waals surface area contributed by atoms with E-state index in [1.54, 1.807) is 0 Å². The van der Waals surface area contributed by atoms with Crippen LogP contribution in [-0.2, 0) is 19.4 Å². The van der Waals surface area contributed by atoms with E-state index in [0.29, 0.717) is 24.3 Å². The second-order valence-corrected chi connectivity index (χ2v) is 4.82. The monoisotopic (exact) mass is 243 g/mol. The van der Waals surface area contributed by atoms with Crippen molar-refractivity contribution in [3.63, 3.8) is 0 Å². The normalized spacial score (nSPS) is 18.6. The molecular formula is C14H17N3O. The molecule has 1 aliphatic carbocycles. The van der Waals surface area contributed by atoms with Crippen molar-refractivity contribution in [3.8, 4) is 0 Å². The van der Waals surface area contributed by atoms with Crippen LogP contribution in [0.2, 0.25) is 0 Å². The van der Waals surface area contributed by atoms with E-state index in [1.807, 2.05) is 6.92 Å². The summed E-state index contributed by atoms with van der Waals surface area (Å²) >= 11 is 0. The van der Waals surface area contributed by atoms with Crippen LogP contribution in [0.15, 0.2) is 28.8 Å². The molecule has 1 heterocycles. The molecule has 94 valence electrons. The molecule has 1 aliphatic rings. The number of hydrogen-bond acceptors (Lipinski definition) is 4. The van der Waals surface area contributed by atoms with Gasteiger partial charge in [-0.3, -0.25) is 0 Å². The highest BCUT2D eigenvalue weighted by Gasteiger charge is 2.18. The SMILES string of the molecule is Cc1noc(CNC2CCc3ccccc3C2)n1. The molecule has 0 spiro atoms. The Morgan fingerprint density at radius 3 is 2.94 bits per heavy atom. The van der Waals surface area contributed by atoms with E-state index in [4.69, 9.17) is 4.52 Å². The maximum absolute atomic E-state index is 5.10. The topological polar surface area (TPSA) is 51.0 Å². The van der Waals surface area contributed by atoms with Gasteiger partial charge >= 0.3 is 0 Å². The van der Waals surface area contributed by atoms with Crippen molar-refractivity contribution < 1.29 is 4.52 Å². The average Bonchev–Trinajstić information content (AvgIpc) is 2.82. The zero-order valence-electron chi connectivity index (χ0n) is 10.5. The Bertz CT molecular complexity index is 535. The summed E-state index contributed by atoms with van der Waals surface area (Å²) in [7, 11) is 0. The smallest absolute Gasteiger partial charge is 0.240 e. The summed E-state index contributed by atoms with van der Waals surface area (Å²) in [6.45, 7) is 2.50. The van der Waals surface area contributed by atoms with Gasteiger partial charge in [-0.1, -0.05) is 29.4 Å². The third-order valence-corrected chi connectivity index (χ3v) is 3.46. The number of hydrogen-bond donors (Lipinski definition) is 1. The lowest BCUT2D eigenvalue weighted by molar-refractivity contribution is 0.347. The molecule has 1 unspecified atom stereocenters. The molecule has 0 amide bonds. The van der Waals surface area contributed by atoms with Crippen molar-refractivity contribution in [2.24, 2.45) is 0 Å². The first kappa shape index (κ1) is 11.4. The fraction of sp³-hybridized carbons (Fsp3) is 0.429. The Morgan fingerprint density at radius 1 is 1.33 bits per heavy atom. The van der Waals surface area contributed by atoms with Gasteiger partial charge in [0.25, 0.3) is 0 Å². The van der Waals surface area contributed by atoms with E-state index in [9.17, 15) is 0 Å². The second-order valence-electron chi connectivity index (χ2n) is 4.82. The number of fused-ring (bicyclic) bond motifs is 1. The lowest BCUT2D eigenvalue weighted by atomic mass is 9.88. The van der Waals surface area contributed by atoms with E-state index >= 15 is 0 Å². The predicted molar refractivity (Wildman–Crippen MR) is 68.1 cm³/mol. The summed E-state index contributed by atoms with van der Waals surface area (Å²) in [5.74, 6) is 1.37. The number of nitrogens with zero attached hydrogens (tertiary/aromatic N) is 2. The van der Waals surface area contributed by atoms with Crippen molar-refractivity contribution in [1.82, 2.24) is 15.5 Å². The van der Waals surface area contributed by atoms with Crippen molar-refractivity contribution >= 4 is 0 Å². The largest absolute Gasteiger partial charge is 0.338 e. The zero-order chi connectivity index (χ0) is 12.4. The van der Waals surface area contributed by atoms with Crippen molar-refractivity contribution in [2.75, 3.05) is 0 Å². The van der Waals surface area contributed by atoms with Gasteiger partial charge in [0.15, 0.2) is 5.82 Å². The molecule has 0 radical (unpaired) electrons. The molecular weight excluding hydrogens is 226 g/mol. The average molecular weight is 243 g/mol. The predicted octanol–water partition coefficient (Wildman–Crippen LogP) is 2.03. The van der Waals surface area contributed by atoms with Gasteiger partial charge in [-0.15, -0.1) is 0 Å². The van der Waals surface area contributed by atoms with Gasteiger partial charge < -0.3 is 9.84 Å². The van der Waals surface area contributed by atoms with Crippen LogP contribution in [0.3, 0.4) is 0 Å². The van der Waals surface area contributed by atoms with E-state index in [1.165, 1.54) is 17.5 Å².